The number of hydrogen-bond acceptors (Lipinski definition) is 4. The number of benzene rings is 1. The predicted octanol–water partition coefficient (Wildman–Crippen LogP) is 0.693. The third-order valence-electron chi connectivity index (χ3n) is 1.45. The van der Waals surface area contributed by atoms with Crippen molar-refractivity contribution in [1.82, 2.24) is 0 Å². The third-order valence-corrected chi connectivity index (χ3v) is 1.45. The molecule has 4 nitrogen and oxygen atoms in total. The lowest BCUT2D eigenvalue weighted by Crippen LogP contribution is -1.88. The van der Waals surface area contributed by atoms with Crippen molar-refractivity contribution in [2.45, 2.75) is 0 Å². The zero-order valence-corrected chi connectivity index (χ0v) is 6.69. The Morgan fingerprint density at radius 2 is 2.33 bits per heavy atom. The average Bonchev–Trinajstić information content (AvgIpc) is 2.09. The number of methoxy groups -OCH3 is 1. The fraction of sp³-hybridized carbons (Fsp3) is 0.125. The van der Waals surface area contributed by atoms with Crippen LogP contribution >= 0.6 is 0 Å². The molecular weight excluding hydrogens is 156 g/mol. The molecule has 0 aliphatic carbocycles. The van der Waals surface area contributed by atoms with Gasteiger partial charge >= 0.3 is 0 Å². The van der Waals surface area contributed by atoms with Gasteiger partial charge < -0.3 is 15.7 Å². The van der Waals surface area contributed by atoms with Crippen molar-refractivity contribution < 1.29 is 9.84 Å². The number of phenolic OH excluding ortho intramolecular Hbond substituents is 1. The van der Waals surface area contributed by atoms with Crippen molar-refractivity contribution in [3.63, 3.8) is 0 Å². The van der Waals surface area contributed by atoms with Gasteiger partial charge in [-0.1, -0.05) is 0 Å². The molecule has 0 unspecified atom stereocenters. The fourth-order valence-corrected chi connectivity index (χ4v) is 0.840. The summed E-state index contributed by atoms with van der Waals surface area (Å²) < 4.78 is 4.89. The lowest BCUT2D eigenvalue weighted by molar-refractivity contribution is 0.407. The Labute approximate surface area is 70.3 Å². The van der Waals surface area contributed by atoms with Gasteiger partial charge in [-0.05, 0) is 12.1 Å². The lowest BCUT2D eigenvalue weighted by atomic mass is 10.2. The van der Waals surface area contributed by atoms with Crippen molar-refractivity contribution in [2.75, 3.05) is 7.11 Å². The van der Waals surface area contributed by atoms with E-state index in [0.717, 1.165) is 0 Å². The largest absolute Gasteiger partial charge is 0.507 e. The van der Waals surface area contributed by atoms with Crippen LogP contribution in [0, 0.1) is 0 Å². The van der Waals surface area contributed by atoms with E-state index in [0.29, 0.717) is 11.3 Å². The molecule has 64 valence electrons. The molecule has 0 saturated heterocycles. The van der Waals surface area contributed by atoms with E-state index in [-0.39, 0.29) is 5.75 Å². The quantitative estimate of drug-likeness (QED) is 0.386. The van der Waals surface area contributed by atoms with E-state index in [4.69, 9.17) is 10.6 Å². The van der Waals surface area contributed by atoms with E-state index >= 15 is 0 Å². The molecular formula is C8H10N2O2. The zero-order chi connectivity index (χ0) is 8.97. The first kappa shape index (κ1) is 8.39. The number of phenols is 1. The van der Waals surface area contributed by atoms with E-state index in [1.54, 1.807) is 12.1 Å². The van der Waals surface area contributed by atoms with Crippen LogP contribution < -0.4 is 10.6 Å². The van der Waals surface area contributed by atoms with Crippen LogP contribution in [-0.4, -0.2) is 18.4 Å². The van der Waals surface area contributed by atoms with E-state index < -0.39 is 0 Å². The molecule has 0 radical (unpaired) electrons. The number of ether oxygens (including phenoxy) is 1. The molecule has 0 fully saturated rings. The van der Waals surface area contributed by atoms with Gasteiger partial charge in [0.2, 0.25) is 0 Å². The molecule has 1 rings (SSSR count). The van der Waals surface area contributed by atoms with Crippen LogP contribution in [0.1, 0.15) is 5.56 Å². The van der Waals surface area contributed by atoms with Gasteiger partial charge in [0.1, 0.15) is 11.5 Å². The average molecular weight is 166 g/mol. The first-order valence-electron chi connectivity index (χ1n) is 3.38. The van der Waals surface area contributed by atoms with Crippen molar-refractivity contribution in [3.8, 4) is 11.5 Å². The monoisotopic (exact) mass is 166 g/mol. The Balaban J connectivity index is 3.03. The lowest BCUT2D eigenvalue weighted by Gasteiger charge is -2.01. The van der Waals surface area contributed by atoms with Crippen LogP contribution in [0.4, 0.5) is 0 Å². The Bertz CT molecular complexity index is 297. The van der Waals surface area contributed by atoms with Crippen LogP contribution in [0.25, 0.3) is 0 Å². The number of hydrogen-bond donors (Lipinski definition) is 2. The second-order valence-electron chi connectivity index (χ2n) is 2.20. The molecule has 0 spiro atoms. The van der Waals surface area contributed by atoms with Gasteiger partial charge in [0, 0.05) is 11.6 Å². The highest BCUT2D eigenvalue weighted by atomic mass is 16.5. The van der Waals surface area contributed by atoms with E-state index in [1.165, 1.54) is 19.4 Å². The maximum atomic E-state index is 9.33. The number of aromatic hydroxyl groups is 1. The Morgan fingerprint density at radius 1 is 1.58 bits per heavy atom. The molecule has 3 N–H and O–H groups in total. The normalized spacial score (nSPS) is 10.4. The van der Waals surface area contributed by atoms with Gasteiger partial charge in [-0.25, -0.2) is 0 Å². The highest BCUT2D eigenvalue weighted by Crippen LogP contribution is 2.21. The second-order valence-corrected chi connectivity index (χ2v) is 2.20. The topological polar surface area (TPSA) is 67.8 Å². The molecule has 0 saturated carbocycles. The molecule has 0 heterocycles. The summed E-state index contributed by atoms with van der Waals surface area (Å²) in [5.74, 6) is 5.63. The SMILES string of the molecule is COc1ccc(C=NN)c(O)c1. The van der Waals surface area contributed by atoms with Gasteiger partial charge in [-0.15, -0.1) is 0 Å². The molecule has 0 bridgehead atoms. The smallest absolute Gasteiger partial charge is 0.128 e. The number of hydrazone groups is 1. The molecule has 12 heavy (non-hydrogen) atoms. The van der Waals surface area contributed by atoms with Gasteiger partial charge in [0.15, 0.2) is 0 Å². The number of nitrogens with zero attached hydrogens (tertiary/aromatic N) is 1. The first-order valence-corrected chi connectivity index (χ1v) is 3.38. The minimum atomic E-state index is 0.101. The van der Waals surface area contributed by atoms with E-state index in [2.05, 4.69) is 5.10 Å². The Hall–Kier alpha value is -1.71. The van der Waals surface area contributed by atoms with Crippen molar-refractivity contribution in [3.05, 3.63) is 23.8 Å². The fourth-order valence-electron chi connectivity index (χ4n) is 0.840. The number of rotatable bonds is 2. The van der Waals surface area contributed by atoms with Gasteiger partial charge in [0.25, 0.3) is 0 Å². The van der Waals surface area contributed by atoms with Crippen molar-refractivity contribution >= 4 is 6.21 Å². The minimum absolute atomic E-state index is 0.101. The molecule has 0 amide bonds. The summed E-state index contributed by atoms with van der Waals surface area (Å²) in [5.41, 5.74) is 0.568. The van der Waals surface area contributed by atoms with Gasteiger partial charge in [-0.3, -0.25) is 0 Å². The predicted molar refractivity (Wildman–Crippen MR) is 46.4 cm³/mol. The van der Waals surface area contributed by atoms with Crippen LogP contribution in [0.5, 0.6) is 11.5 Å². The maximum absolute atomic E-state index is 9.33. The van der Waals surface area contributed by atoms with E-state index in [1.807, 2.05) is 0 Å². The van der Waals surface area contributed by atoms with Crippen LogP contribution in [0.15, 0.2) is 23.3 Å². The molecule has 0 aliphatic rings. The highest BCUT2D eigenvalue weighted by Gasteiger charge is 1.99. The van der Waals surface area contributed by atoms with Crippen LogP contribution in [-0.2, 0) is 0 Å². The highest BCUT2D eigenvalue weighted by molar-refractivity contribution is 5.83. The summed E-state index contributed by atoms with van der Waals surface area (Å²) in [6, 6.07) is 4.89. The summed E-state index contributed by atoms with van der Waals surface area (Å²) in [4.78, 5) is 0. The molecule has 0 atom stereocenters. The summed E-state index contributed by atoms with van der Waals surface area (Å²) in [5, 5.41) is 12.6. The molecule has 0 aliphatic heterocycles. The van der Waals surface area contributed by atoms with Crippen molar-refractivity contribution in [2.24, 2.45) is 10.9 Å². The van der Waals surface area contributed by atoms with Crippen LogP contribution in [0.2, 0.25) is 0 Å². The summed E-state index contributed by atoms with van der Waals surface area (Å²) >= 11 is 0. The second kappa shape index (κ2) is 3.61. The van der Waals surface area contributed by atoms with Gasteiger partial charge in [0.05, 0.1) is 13.3 Å². The maximum Gasteiger partial charge on any atom is 0.128 e. The van der Waals surface area contributed by atoms with Crippen LogP contribution in [0.3, 0.4) is 0 Å². The third kappa shape index (κ3) is 1.66. The standard InChI is InChI=1S/C8H10N2O2/c1-12-7-3-2-6(5-10-9)8(11)4-7/h2-5,11H,9H2,1H3. The molecule has 1 aromatic carbocycles. The van der Waals surface area contributed by atoms with E-state index in [9.17, 15) is 5.11 Å². The summed E-state index contributed by atoms with van der Waals surface area (Å²) in [7, 11) is 1.53. The molecule has 0 aromatic heterocycles. The minimum Gasteiger partial charge on any atom is -0.507 e. The summed E-state index contributed by atoms with van der Waals surface area (Å²) in [6.07, 6.45) is 1.37. The summed E-state index contributed by atoms with van der Waals surface area (Å²) in [6.45, 7) is 0. The van der Waals surface area contributed by atoms with Crippen molar-refractivity contribution in [1.29, 1.82) is 0 Å². The molecule has 4 heteroatoms. The Morgan fingerprint density at radius 3 is 2.83 bits per heavy atom. The number of nitrogens with two attached hydrogens (primary N) is 1. The zero-order valence-electron chi connectivity index (χ0n) is 6.69. The Kier molecular flexibility index (Phi) is 2.53. The first-order chi connectivity index (χ1) is 5.77. The van der Waals surface area contributed by atoms with Gasteiger partial charge in [-0.2, -0.15) is 5.10 Å². The molecule has 1 aromatic rings.